The molecule has 1 saturated carbocycles. The molecule has 0 aromatic rings. The number of aliphatic hydroxyl groups is 1. The number of carbonyl (C=O) groups is 1. The zero-order chi connectivity index (χ0) is 13.8. The average molecular weight is 270 g/mol. The van der Waals surface area contributed by atoms with Gasteiger partial charge in [0.05, 0.1) is 6.54 Å². The highest BCUT2D eigenvalue weighted by atomic mass is 16.6. The molecule has 2 fully saturated rings. The minimum absolute atomic E-state index is 0.294. The number of ether oxygens (including phenoxy) is 1. The van der Waals surface area contributed by atoms with Gasteiger partial charge in [-0.1, -0.05) is 32.1 Å². The molecule has 0 aromatic carbocycles. The predicted molar refractivity (Wildman–Crippen MR) is 72.7 cm³/mol. The number of nitrogens with zero attached hydrogens (tertiary/aromatic N) is 1. The van der Waals surface area contributed by atoms with E-state index in [1.807, 2.05) is 6.92 Å². The Bertz CT molecular complexity index is 305. The van der Waals surface area contributed by atoms with Gasteiger partial charge in [-0.25, -0.2) is 4.79 Å². The molecule has 2 aliphatic rings. The first-order chi connectivity index (χ1) is 9.11. The smallest absolute Gasteiger partial charge is 0.410 e. The van der Waals surface area contributed by atoms with Crippen molar-refractivity contribution in [1.82, 2.24) is 4.90 Å². The van der Waals surface area contributed by atoms with Gasteiger partial charge in [-0.15, -0.1) is 0 Å². The molecule has 5 heteroatoms. The summed E-state index contributed by atoms with van der Waals surface area (Å²) in [5.74, 6) is 0.623. The second kappa shape index (κ2) is 6.57. The van der Waals surface area contributed by atoms with E-state index in [-0.39, 0.29) is 12.1 Å². The van der Waals surface area contributed by atoms with Crippen LogP contribution in [0.1, 0.15) is 45.4 Å². The third-order valence-corrected chi connectivity index (χ3v) is 4.44. The Morgan fingerprint density at radius 3 is 2.68 bits per heavy atom. The van der Waals surface area contributed by atoms with Crippen LogP contribution in [0.2, 0.25) is 0 Å². The number of aliphatic hydroxyl groups excluding tert-OH is 1. The summed E-state index contributed by atoms with van der Waals surface area (Å²) in [5.41, 5.74) is 6.10. The number of cyclic esters (lactones) is 1. The molecular weight excluding hydrogens is 244 g/mol. The Kier molecular flexibility index (Phi) is 5.05. The molecule has 3 atom stereocenters. The van der Waals surface area contributed by atoms with Crippen LogP contribution in [0.15, 0.2) is 0 Å². The van der Waals surface area contributed by atoms with Crippen LogP contribution in [0.3, 0.4) is 0 Å². The Labute approximate surface area is 115 Å². The maximum absolute atomic E-state index is 11.5. The van der Waals surface area contributed by atoms with Crippen LogP contribution < -0.4 is 5.73 Å². The first kappa shape index (κ1) is 14.6. The van der Waals surface area contributed by atoms with Crippen molar-refractivity contribution in [2.75, 3.05) is 13.1 Å². The molecule has 0 bridgehead atoms. The molecule has 1 heterocycles. The summed E-state index contributed by atoms with van der Waals surface area (Å²) in [6.07, 6.45) is 5.58. The Balaban J connectivity index is 1.81. The van der Waals surface area contributed by atoms with Crippen LogP contribution in [0, 0.1) is 5.92 Å². The van der Waals surface area contributed by atoms with Gasteiger partial charge in [-0.05, 0) is 19.3 Å². The molecule has 1 aliphatic heterocycles. The largest absolute Gasteiger partial charge is 0.441 e. The van der Waals surface area contributed by atoms with Gasteiger partial charge in [0.25, 0.3) is 0 Å². The van der Waals surface area contributed by atoms with E-state index in [0.29, 0.717) is 19.0 Å². The lowest BCUT2D eigenvalue weighted by Gasteiger charge is -2.28. The Morgan fingerprint density at radius 1 is 1.42 bits per heavy atom. The summed E-state index contributed by atoms with van der Waals surface area (Å²) in [6.45, 7) is 2.97. The number of likely N-dealkylation sites (N-methyl/N-ethyl adjacent to an activating group) is 1. The summed E-state index contributed by atoms with van der Waals surface area (Å²) in [6, 6.07) is -0.294. The van der Waals surface area contributed by atoms with Crippen molar-refractivity contribution >= 4 is 6.09 Å². The summed E-state index contributed by atoms with van der Waals surface area (Å²) in [7, 11) is 0. The quantitative estimate of drug-likeness (QED) is 0.793. The van der Waals surface area contributed by atoms with E-state index in [1.165, 1.54) is 32.1 Å². The van der Waals surface area contributed by atoms with E-state index in [2.05, 4.69) is 0 Å². The molecule has 1 saturated heterocycles. The normalized spacial score (nSPS) is 28.3. The minimum atomic E-state index is -0.748. The monoisotopic (exact) mass is 270 g/mol. The van der Waals surface area contributed by atoms with E-state index >= 15 is 0 Å². The fourth-order valence-corrected chi connectivity index (χ4v) is 3.19. The Morgan fingerprint density at radius 2 is 2.11 bits per heavy atom. The summed E-state index contributed by atoms with van der Waals surface area (Å²) < 4.78 is 5.19. The molecule has 0 radical (unpaired) electrons. The SMILES string of the molecule is CCN1CC([C@H](O)[C@@H](N)CC2CCCCC2)OC1=O. The molecule has 1 unspecified atom stereocenters. The van der Waals surface area contributed by atoms with Crippen molar-refractivity contribution in [1.29, 1.82) is 0 Å². The van der Waals surface area contributed by atoms with E-state index < -0.39 is 12.2 Å². The van der Waals surface area contributed by atoms with Crippen LogP contribution >= 0.6 is 0 Å². The summed E-state index contributed by atoms with van der Waals surface area (Å²) >= 11 is 0. The average Bonchev–Trinajstić information content (AvgIpc) is 2.80. The lowest BCUT2D eigenvalue weighted by atomic mass is 9.83. The van der Waals surface area contributed by atoms with Gasteiger partial charge in [-0.3, -0.25) is 0 Å². The van der Waals surface area contributed by atoms with Crippen molar-refractivity contribution in [2.24, 2.45) is 11.7 Å². The van der Waals surface area contributed by atoms with Crippen molar-refractivity contribution in [2.45, 2.75) is 63.7 Å². The number of hydrogen-bond donors (Lipinski definition) is 2. The van der Waals surface area contributed by atoms with Gasteiger partial charge in [0.15, 0.2) is 0 Å². The van der Waals surface area contributed by atoms with Crippen LogP contribution in [-0.2, 0) is 4.74 Å². The van der Waals surface area contributed by atoms with Crippen LogP contribution in [0.25, 0.3) is 0 Å². The van der Waals surface area contributed by atoms with Crippen molar-refractivity contribution in [3.05, 3.63) is 0 Å². The van der Waals surface area contributed by atoms with Gasteiger partial charge in [0.2, 0.25) is 0 Å². The predicted octanol–water partition coefficient (Wildman–Crippen LogP) is 1.49. The molecule has 5 nitrogen and oxygen atoms in total. The fraction of sp³-hybridized carbons (Fsp3) is 0.929. The van der Waals surface area contributed by atoms with E-state index in [0.717, 1.165) is 6.42 Å². The van der Waals surface area contributed by atoms with Gasteiger partial charge in [0.1, 0.15) is 12.2 Å². The maximum Gasteiger partial charge on any atom is 0.410 e. The van der Waals surface area contributed by atoms with Crippen LogP contribution in [0.5, 0.6) is 0 Å². The van der Waals surface area contributed by atoms with Crippen molar-refractivity contribution < 1.29 is 14.6 Å². The number of rotatable bonds is 5. The molecule has 3 N–H and O–H groups in total. The fourth-order valence-electron chi connectivity index (χ4n) is 3.19. The Hall–Kier alpha value is -0.810. The molecule has 0 spiro atoms. The molecule has 110 valence electrons. The first-order valence-electron chi connectivity index (χ1n) is 7.51. The third kappa shape index (κ3) is 3.60. The lowest BCUT2D eigenvalue weighted by Crippen LogP contribution is -2.45. The molecule has 2 rings (SSSR count). The van der Waals surface area contributed by atoms with Gasteiger partial charge in [-0.2, -0.15) is 0 Å². The number of nitrogens with two attached hydrogens (primary N) is 1. The van der Waals surface area contributed by atoms with Crippen molar-refractivity contribution in [3.8, 4) is 0 Å². The van der Waals surface area contributed by atoms with Crippen LogP contribution in [0.4, 0.5) is 4.79 Å². The van der Waals surface area contributed by atoms with E-state index in [1.54, 1.807) is 4.90 Å². The highest BCUT2D eigenvalue weighted by molar-refractivity contribution is 5.69. The minimum Gasteiger partial charge on any atom is -0.441 e. The zero-order valence-corrected chi connectivity index (χ0v) is 11.8. The highest BCUT2D eigenvalue weighted by Crippen LogP contribution is 2.28. The van der Waals surface area contributed by atoms with Gasteiger partial charge in [0, 0.05) is 12.6 Å². The van der Waals surface area contributed by atoms with E-state index in [4.69, 9.17) is 10.5 Å². The number of amides is 1. The standard InChI is InChI=1S/C14H26N2O3/c1-2-16-9-12(19-14(16)18)13(17)11(15)8-10-6-4-3-5-7-10/h10-13,17H,2-9,15H2,1H3/t11-,12?,13+/m0/s1. The highest BCUT2D eigenvalue weighted by Gasteiger charge is 2.38. The van der Waals surface area contributed by atoms with E-state index in [9.17, 15) is 9.90 Å². The number of hydrogen-bond acceptors (Lipinski definition) is 4. The maximum atomic E-state index is 11.5. The summed E-state index contributed by atoms with van der Waals surface area (Å²) in [4.78, 5) is 13.1. The topological polar surface area (TPSA) is 75.8 Å². The number of carbonyl (C=O) groups excluding carboxylic acids is 1. The zero-order valence-electron chi connectivity index (χ0n) is 11.8. The van der Waals surface area contributed by atoms with Crippen LogP contribution in [-0.4, -0.2) is 47.4 Å². The molecule has 1 amide bonds. The molecule has 1 aliphatic carbocycles. The second-order valence-corrected chi connectivity index (χ2v) is 5.86. The lowest BCUT2D eigenvalue weighted by molar-refractivity contribution is 0.0120. The molecule has 0 aromatic heterocycles. The summed E-state index contributed by atoms with van der Waals surface area (Å²) in [5, 5.41) is 10.3. The molecule has 19 heavy (non-hydrogen) atoms. The van der Waals surface area contributed by atoms with Gasteiger partial charge < -0.3 is 20.5 Å². The van der Waals surface area contributed by atoms with Crippen molar-refractivity contribution in [3.63, 3.8) is 0 Å². The first-order valence-corrected chi connectivity index (χ1v) is 7.51. The van der Waals surface area contributed by atoms with Gasteiger partial charge >= 0.3 is 6.09 Å². The third-order valence-electron chi connectivity index (χ3n) is 4.44. The molecular formula is C14H26N2O3. The second-order valence-electron chi connectivity index (χ2n) is 5.86.